The minimum absolute atomic E-state index is 0.0945. The minimum atomic E-state index is -0.232. The Bertz CT molecular complexity index is 763. The van der Waals surface area contributed by atoms with E-state index in [2.05, 4.69) is 31.8 Å². The summed E-state index contributed by atoms with van der Waals surface area (Å²) in [7, 11) is 0. The van der Waals surface area contributed by atoms with Crippen molar-refractivity contribution in [2.45, 2.75) is 58.3 Å². The Morgan fingerprint density at radius 3 is 2.87 bits per heavy atom. The van der Waals surface area contributed by atoms with Crippen molar-refractivity contribution >= 4 is 5.78 Å². The summed E-state index contributed by atoms with van der Waals surface area (Å²) >= 11 is 0. The normalized spacial score (nSPS) is 37.9. The predicted octanol–water partition coefficient (Wildman–Crippen LogP) is 3.83. The van der Waals surface area contributed by atoms with Gasteiger partial charge in [-0.2, -0.15) is 0 Å². The molecule has 1 saturated carbocycles. The second-order valence-corrected chi connectivity index (χ2v) is 8.34. The minimum Gasteiger partial charge on any atom is -0.361 e. The van der Waals surface area contributed by atoms with Crippen LogP contribution in [0.5, 0.6) is 0 Å². The van der Waals surface area contributed by atoms with Crippen LogP contribution in [0.3, 0.4) is 0 Å². The Kier molecular flexibility index (Phi) is 2.81. The van der Waals surface area contributed by atoms with Crippen LogP contribution < -0.4 is 0 Å². The number of ketones is 1. The highest BCUT2D eigenvalue weighted by molar-refractivity contribution is 5.92. The van der Waals surface area contributed by atoms with Gasteiger partial charge in [-0.3, -0.25) is 4.79 Å². The maximum absolute atomic E-state index is 12.2. The number of hydrogen-bond acceptors (Lipinski definition) is 3. The van der Waals surface area contributed by atoms with Crippen molar-refractivity contribution in [2.75, 3.05) is 0 Å². The van der Waals surface area contributed by atoms with Crippen molar-refractivity contribution in [1.29, 1.82) is 0 Å². The fraction of sp³-hybridized carbons (Fsp3) is 0.600. The van der Waals surface area contributed by atoms with Gasteiger partial charge in [0, 0.05) is 17.4 Å². The van der Waals surface area contributed by atoms with E-state index in [0.717, 1.165) is 31.4 Å². The zero-order valence-corrected chi connectivity index (χ0v) is 14.1. The second-order valence-electron chi connectivity index (χ2n) is 8.34. The molecule has 0 radical (unpaired) electrons. The number of terminal acetylenes is 1. The van der Waals surface area contributed by atoms with E-state index in [1.165, 1.54) is 11.1 Å². The molecule has 0 saturated heterocycles. The molecular formula is C20H23NO2. The van der Waals surface area contributed by atoms with Crippen LogP contribution in [0, 0.1) is 29.1 Å². The van der Waals surface area contributed by atoms with Crippen molar-refractivity contribution in [3.05, 3.63) is 29.2 Å². The van der Waals surface area contributed by atoms with Crippen LogP contribution >= 0.6 is 0 Å². The van der Waals surface area contributed by atoms with Gasteiger partial charge in [0.2, 0.25) is 0 Å². The molecule has 0 aromatic carbocycles. The van der Waals surface area contributed by atoms with Gasteiger partial charge >= 0.3 is 0 Å². The third-order valence-corrected chi connectivity index (χ3v) is 6.80. The van der Waals surface area contributed by atoms with E-state index in [4.69, 9.17) is 10.9 Å². The molecule has 0 bridgehead atoms. The molecular weight excluding hydrogens is 286 g/mol. The first kappa shape index (κ1) is 14.8. The summed E-state index contributed by atoms with van der Waals surface area (Å²) in [6, 6.07) is 0. The van der Waals surface area contributed by atoms with E-state index in [1.807, 2.05) is 12.3 Å². The molecule has 0 N–H and O–H groups in total. The summed E-state index contributed by atoms with van der Waals surface area (Å²) in [4.78, 5) is 12.2. The van der Waals surface area contributed by atoms with Crippen LogP contribution in [-0.4, -0.2) is 10.9 Å². The summed E-state index contributed by atoms with van der Waals surface area (Å²) in [5.74, 6) is 4.73. The number of allylic oxidation sites excluding steroid dienone is 2. The quantitative estimate of drug-likeness (QED) is 0.684. The lowest BCUT2D eigenvalue weighted by Crippen LogP contribution is -2.54. The van der Waals surface area contributed by atoms with Crippen molar-refractivity contribution in [3.63, 3.8) is 0 Å². The highest BCUT2D eigenvalue weighted by Gasteiger charge is 2.60. The molecule has 23 heavy (non-hydrogen) atoms. The lowest BCUT2D eigenvalue weighted by atomic mass is 9.44. The Balaban J connectivity index is 1.93. The first-order valence-electron chi connectivity index (χ1n) is 8.51. The van der Waals surface area contributed by atoms with Crippen molar-refractivity contribution in [3.8, 4) is 12.3 Å². The highest BCUT2D eigenvalue weighted by Crippen LogP contribution is 2.64. The van der Waals surface area contributed by atoms with Crippen LogP contribution in [0.4, 0.5) is 0 Å². The molecule has 120 valence electrons. The summed E-state index contributed by atoms with van der Waals surface area (Å²) in [6.07, 6.45) is 14.0. The average molecular weight is 309 g/mol. The first-order valence-corrected chi connectivity index (χ1v) is 8.51. The van der Waals surface area contributed by atoms with E-state index in [9.17, 15) is 4.79 Å². The van der Waals surface area contributed by atoms with Crippen molar-refractivity contribution in [1.82, 2.24) is 5.16 Å². The number of carbonyl (C=O) groups excluding carboxylic acids is 1. The first-order chi connectivity index (χ1) is 10.8. The Labute approximate surface area is 137 Å². The van der Waals surface area contributed by atoms with Gasteiger partial charge in [0.05, 0.1) is 11.6 Å². The smallest absolute Gasteiger partial charge is 0.155 e. The zero-order valence-electron chi connectivity index (χ0n) is 14.1. The van der Waals surface area contributed by atoms with E-state index >= 15 is 0 Å². The number of carbonyl (C=O) groups is 1. The largest absolute Gasteiger partial charge is 0.361 e. The van der Waals surface area contributed by atoms with Gasteiger partial charge in [-0.15, -0.1) is 6.42 Å². The maximum Gasteiger partial charge on any atom is 0.155 e. The lowest BCUT2D eigenvalue weighted by molar-refractivity contribution is -0.116. The van der Waals surface area contributed by atoms with Gasteiger partial charge in [-0.25, -0.2) is 0 Å². The van der Waals surface area contributed by atoms with Crippen molar-refractivity contribution in [2.24, 2.45) is 16.7 Å². The Hall–Kier alpha value is -1.82. The van der Waals surface area contributed by atoms with Crippen LogP contribution in [0.2, 0.25) is 0 Å². The van der Waals surface area contributed by atoms with E-state index in [0.29, 0.717) is 12.3 Å². The van der Waals surface area contributed by atoms with Gasteiger partial charge in [-0.05, 0) is 48.7 Å². The fourth-order valence-corrected chi connectivity index (χ4v) is 5.78. The molecule has 4 rings (SSSR count). The summed E-state index contributed by atoms with van der Waals surface area (Å²) in [5.41, 5.74) is 1.94. The van der Waals surface area contributed by atoms with Gasteiger partial charge < -0.3 is 4.52 Å². The third kappa shape index (κ3) is 1.73. The molecule has 0 aliphatic heterocycles. The van der Waals surface area contributed by atoms with Crippen molar-refractivity contribution < 1.29 is 9.32 Å². The molecule has 0 unspecified atom stereocenters. The van der Waals surface area contributed by atoms with E-state index < -0.39 is 0 Å². The van der Waals surface area contributed by atoms with E-state index in [-0.39, 0.29) is 22.0 Å². The number of aromatic nitrogens is 1. The Morgan fingerprint density at radius 1 is 1.35 bits per heavy atom. The molecule has 1 fully saturated rings. The molecule has 0 amide bonds. The number of hydrogen-bond donors (Lipinski definition) is 0. The van der Waals surface area contributed by atoms with Gasteiger partial charge in [0.25, 0.3) is 0 Å². The van der Waals surface area contributed by atoms with Crippen LogP contribution in [0.15, 0.2) is 22.4 Å². The highest BCUT2D eigenvalue weighted by atomic mass is 16.5. The molecule has 3 aliphatic rings. The topological polar surface area (TPSA) is 43.1 Å². The molecule has 3 atom stereocenters. The predicted molar refractivity (Wildman–Crippen MR) is 87.7 cm³/mol. The van der Waals surface area contributed by atoms with E-state index in [1.54, 1.807) is 0 Å². The Morgan fingerprint density at radius 2 is 2.13 bits per heavy atom. The molecule has 1 aromatic heterocycles. The third-order valence-electron chi connectivity index (χ3n) is 6.80. The van der Waals surface area contributed by atoms with Gasteiger partial charge in [0.15, 0.2) is 5.78 Å². The summed E-state index contributed by atoms with van der Waals surface area (Å²) in [6.45, 7) is 6.78. The average Bonchev–Trinajstić information content (AvgIpc) is 2.96. The second kappa shape index (κ2) is 4.38. The van der Waals surface area contributed by atoms with Gasteiger partial charge in [-0.1, -0.05) is 31.8 Å². The number of rotatable bonds is 0. The lowest BCUT2D eigenvalue weighted by Gasteiger charge is -2.58. The summed E-state index contributed by atoms with van der Waals surface area (Å²) < 4.78 is 5.60. The molecule has 1 aromatic rings. The molecule has 1 heterocycles. The maximum atomic E-state index is 12.2. The van der Waals surface area contributed by atoms with Gasteiger partial charge in [0.1, 0.15) is 5.76 Å². The molecule has 3 aliphatic carbocycles. The summed E-state index contributed by atoms with van der Waals surface area (Å²) in [5, 5.41) is 4.04. The molecule has 0 spiro atoms. The standard InChI is InChI=1S/C20H23NO2/c1-5-20-8-6-14(22)10-16(20)19(4)11-13-12-21-23-17(13)18(2,3)15(19)7-9-20/h1,10,12,15H,6-9,11H2,2-4H3/t15-,19-,20+/m0/s1. The SMILES string of the molecule is C#C[C@]12CCC(=O)C=C1[C@@]1(C)Cc3cnoc3C(C)(C)[C@@H]1CC2. The van der Waals surface area contributed by atoms with Crippen LogP contribution in [0.1, 0.15) is 57.8 Å². The molecule has 3 heteroatoms. The number of nitrogens with zero attached hydrogens (tertiary/aromatic N) is 1. The zero-order chi connectivity index (χ0) is 16.5. The fourth-order valence-electron chi connectivity index (χ4n) is 5.78. The monoisotopic (exact) mass is 309 g/mol. The van der Waals surface area contributed by atoms with Crippen LogP contribution in [0.25, 0.3) is 0 Å². The number of fused-ring (bicyclic) bond motifs is 4. The van der Waals surface area contributed by atoms with Crippen LogP contribution in [-0.2, 0) is 16.6 Å². The molecule has 3 nitrogen and oxygen atoms in total.